The number of hydrogen-bond acceptors (Lipinski definition) is 3. The molecular formula is C11H15BrN2O2. The molecule has 1 amide bonds. The molecule has 0 fully saturated rings. The second-order valence-electron chi connectivity index (χ2n) is 3.72. The van der Waals surface area contributed by atoms with Gasteiger partial charge >= 0.3 is 0 Å². The van der Waals surface area contributed by atoms with Crippen molar-refractivity contribution in [3.63, 3.8) is 0 Å². The number of phenols is 1. The third kappa shape index (κ3) is 3.83. The number of likely N-dealkylation sites (N-methyl/N-ethyl adjacent to an activating group) is 1. The smallest absolute Gasteiger partial charge is 0.255 e. The Balaban J connectivity index is 2.62. The van der Waals surface area contributed by atoms with Crippen LogP contribution in [0.15, 0.2) is 22.7 Å². The van der Waals surface area contributed by atoms with E-state index in [1.165, 1.54) is 6.07 Å². The summed E-state index contributed by atoms with van der Waals surface area (Å²) in [6.45, 7) is 1.32. The van der Waals surface area contributed by atoms with Gasteiger partial charge in [-0.2, -0.15) is 0 Å². The summed E-state index contributed by atoms with van der Waals surface area (Å²) in [5.74, 6) is -0.272. The van der Waals surface area contributed by atoms with Gasteiger partial charge in [0.2, 0.25) is 0 Å². The minimum atomic E-state index is -0.263. The Morgan fingerprint density at radius 1 is 1.50 bits per heavy atom. The van der Waals surface area contributed by atoms with Crippen molar-refractivity contribution in [3.8, 4) is 5.75 Å². The first-order valence-electron chi connectivity index (χ1n) is 4.92. The van der Waals surface area contributed by atoms with E-state index >= 15 is 0 Å². The van der Waals surface area contributed by atoms with Gasteiger partial charge in [-0.1, -0.05) is 15.9 Å². The van der Waals surface area contributed by atoms with Crippen LogP contribution in [0.25, 0.3) is 0 Å². The standard InChI is InChI=1S/C11H15BrN2O2/c1-14(2)6-5-13-11(16)9-7-8(12)3-4-10(9)15/h3-4,7,15H,5-6H2,1-2H3,(H,13,16). The minimum absolute atomic E-state index is 0.00875. The van der Waals surface area contributed by atoms with E-state index in [-0.39, 0.29) is 17.2 Å². The molecule has 1 aromatic carbocycles. The maximum atomic E-state index is 11.7. The van der Waals surface area contributed by atoms with Crippen LogP contribution in [-0.2, 0) is 0 Å². The zero-order chi connectivity index (χ0) is 12.1. The van der Waals surface area contributed by atoms with Gasteiger partial charge in [0.15, 0.2) is 0 Å². The number of nitrogens with one attached hydrogen (secondary N) is 1. The minimum Gasteiger partial charge on any atom is -0.507 e. The molecule has 0 bridgehead atoms. The number of carbonyl (C=O) groups is 1. The van der Waals surface area contributed by atoms with Crippen molar-refractivity contribution in [2.45, 2.75) is 0 Å². The van der Waals surface area contributed by atoms with Crippen molar-refractivity contribution in [2.24, 2.45) is 0 Å². The molecule has 0 aliphatic rings. The largest absolute Gasteiger partial charge is 0.507 e. The van der Waals surface area contributed by atoms with Gasteiger partial charge < -0.3 is 15.3 Å². The molecule has 0 aliphatic carbocycles. The number of amides is 1. The van der Waals surface area contributed by atoms with Gasteiger partial charge in [0.05, 0.1) is 5.56 Å². The zero-order valence-electron chi connectivity index (χ0n) is 9.33. The van der Waals surface area contributed by atoms with Crippen LogP contribution in [0, 0.1) is 0 Å². The molecule has 2 N–H and O–H groups in total. The Hall–Kier alpha value is -1.07. The summed E-state index contributed by atoms with van der Waals surface area (Å²) < 4.78 is 0.767. The Bertz CT molecular complexity index is 380. The van der Waals surface area contributed by atoms with E-state index in [9.17, 15) is 9.90 Å². The third-order valence-corrected chi connectivity index (χ3v) is 2.54. The lowest BCUT2D eigenvalue weighted by Crippen LogP contribution is -2.31. The third-order valence-electron chi connectivity index (χ3n) is 2.05. The first-order valence-corrected chi connectivity index (χ1v) is 5.71. The van der Waals surface area contributed by atoms with E-state index in [0.29, 0.717) is 6.54 Å². The molecule has 0 aliphatic heterocycles. The molecule has 1 rings (SSSR count). The van der Waals surface area contributed by atoms with Crippen molar-refractivity contribution < 1.29 is 9.90 Å². The van der Waals surface area contributed by atoms with Gasteiger partial charge in [-0.05, 0) is 32.3 Å². The van der Waals surface area contributed by atoms with Crippen molar-refractivity contribution in [2.75, 3.05) is 27.2 Å². The quantitative estimate of drug-likeness (QED) is 0.881. The summed E-state index contributed by atoms with van der Waals surface area (Å²) in [6.07, 6.45) is 0. The second-order valence-corrected chi connectivity index (χ2v) is 4.64. The van der Waals surface area contributed by atoms with E-state index in [1.54, 1.807) is 12.1 Å². The Kier molecular flexibility index (Phi) is 4.76. The number of hydrogen-bond donors (Lipinski definition) is 2. The lowest BCUT2D eigenvalue weighted by atomic mass is 10.2. The van der Waals surface area contributed by atoms with Crippen LogP contribution in [-0.4, -0.2) is 43.1 Å². The molecule has 0 aromatic heterocycles. The summed E-state index contributed by atoms with van der Waals surface area (Å²) in [5, 5.41) is 12.3. The number of halogens is 1. The summed E-state index contributed by atoms with van der Waals surface area (Å²) in [6, 6.07) is 4.78. The summed E-state index contributed by atoms with van der Waals surface area (Å²) >= 11 is 3.26. The normalized spacial score (nSPS) is 10.5. The van der Waals surface area contributed by atoms with Crippen LogP contribution < -0.4 is 5.32 Å². The van der Waals surface area contributed by atoms with Crippen molar-refractivity contribution in [1.29, 1.82) is 0 Å². The second kappa shape index (κ2) is 5.86. The lowest BCUT2D eigenvalue weighted by molar-refractivity contribution is 0.0948. The predicted octanol–water partition coefficient (Wildman–Crippen LogP) is 1.45. The van der Waals surface area contributed by atoms with Gasteiger partial charge in [0, 0.05) is 17.6 Å². The number of phenolic OH excluding ortho intramolecular Hbond substituents is 1. The monoisotopic (exact) mass is 286 g/mol. The number of carbonyl (C=O) groups excluding carboxylic acids is 1. The summed E-state index contributed by atoms with van der Waals surface area (Å²) in [4.78, 5) is 13.7. The molecule has 4 nitrogen and oxygen atoms in total. The highest BCUT2D eigenvalue weighted by Gasteiger charge is 2.10. The van der Waals surface area contributed by atoms with E-state index in [2.05, 4.69) is 21.2 Å². The van der Waals surface area contributed by atoms with Gasteiger partial charge in [0.25, 0.3) is 5.91 Å². The molecule has 5 heteroatoms. The van der Waals surface area contributed by atoms with E-state index < -0.39 is 0 Å². The molecule has 16 heavy (non-hydrogen) atoms. The van der Waals surface area contributed by atoms with Crippen molar-refractivity contribution in [3.05, 3.63) is 28.2 Å². The van der Waals surface area contributed by atoms with Gasteiger partial charge in [-0.15, -0.1) is 0 Å². The van der Waals surface area contributed by atoms with Crippen LogP contribution in [0.5, 0.6) is 5.75 Å². The fraction of sp³-hybridized carbons (Fsp3) is 0.364. The van der Waals surface area contributed by atoms with Crippen molar-refractivity contribution in [1.82, 2.24) is 10.2 Å². The molecule has 88 valence electrons. The fourth-order valence-electron chi connectivity index (χ4n) is 1.18. The molecule has 0 radical (unpaired) electrons. The van der Waals surface area contributed by atoms with Crippen LogP contribution in [0.2, 0.25) is 0 Å². The molecule has 0 spiro atoms. The zero-order valence-corrected chi connectivity index (χ0v) is 10.9. The number of rotatable bonds is 4. The first kappa shape index (κ1) is 13.0. The Morgan fingerprint density at radius 2 is 2.19 bits per heavy atom. The molecule has 0 unspecified atom stereocenters. The first-order chi connectivity index (χ1) is 7.50. The molecular weight excluding hydrogens is 272 g/mol. The van der Waals surface area contributed by atoms with Crippen LogP contribution in [0.1, 0.15) is 10.4 Å². The lowest BCUT2D eigenvalue weighted by Gasteiger charge is -2.11. The highest BCUT2D eigenvalue weighted by molar-refractivity contribution is 9.10. The van der Waals surface area contributed by atoms with Gasteiger partial charge in [-0.3, -0.25) is 4.79 Å². The van der Waals surface area contributed by atoms with E-state index in [1.807, 2.05) is 19.0 Å². The van der Waals surface area contributed by atoms with Crippen LogP contribution in [0.3, 0.4) is 0 Å². The number of benzene rings is 1. The predicted molar refractivity (Wildman–Crippen MR) is 66.7 cm³/mol. The number of aromatic hydroxyl groups is 1. The van der Waals surface area contributed by atoms with E-state index in [0.717, 1.165) is 11.0 Å². The maximum Gasteiger partial charge on any atom is 0.255 e. The van der Waals surface area contributed by atoms with Crippen molar-refractivity contribution >= 4 is 21.8 Å². The van der Waals surface area contributed by atoms with Crippen LogP contribution in [0.4, 0.5) is 0 Å². The Labute approximate surface area is 103 Å². The molecule has 0 heterocycles. The summed E-state index contributed by atoms with van der Waals surface area (Å²) in [7, 11) is 3.87. The average molecular weight is 287 g/mol. The molecule has 1 aromatic rings. The van der Waals surface area contributed by atoms with Gasteiger partial charge in [0.1, 0.15) is 5.75 Å². The highest BCUT2D eigenvalue weighted by atomic mass is 79.9. The number of nitrogens with zero attached hydrogens (tertiary/aromatic N) is 1. The van der Waals surface area contributed by atoms with E-state index in [4.69, 9.17) is 0 Å². The molecule has 0 saturated heterocycles. The highest BCUT2D eigenvalue weighted by Crippen LogP contribution is 2.21. The maximum absolute atomic E-state index is 11.7. The molecule has 0 atom stereocenters. The topological polar surface area (TPSA) is 52.6 Å². The average Bonchev–Trinajstić information content (AvgIpc) is 2.21. The summed E-state index contributed by atoms with van der Waals surface area (Å²) in [5.41, 5.74) is 0.285. The SMILES string of the molecule is CN(C)CCNC(=O)c1cc(Br)ccc1O. The van der Waals surface area contributed by atoms with Crippen LogP contribution >= 0.6 is 15.9 Å². The Morgan fingerprint density at radius 3 is 2.81 bits per heavy atom. The fourth-order valence-corrected chi connectivity index (χ4v) is 1.54. The van der Waals surface area contributed by atoms with Gasteiger partial charge in [-0.25, -0.2) is 0 Å². The molecule has 0 saturated carbocycles.